The second kappa shape index (κ2) is 3.17. The normalized spacial score (nSPS) is 20.4. The molecule has 2 N–H and O–H groups in total. The highest BCUT2D eigenvalue weighted by atomic mass is 19.1. The molecule has 74 valence electrons. The molecule has 1 saturated heterocycles. The third-order valence-electron chi connectivity index (χ3n) is 2.07. The number of amides is 1. The Morgan fingerprint density at radius 2 is 2.36 bits per heavy atom. The van der Waals surface area contributed by atoms with E-state index in [2.05, 4.69) is 10.1 Å². The molecule has 0 aromatic heterocycles. The van der Waals surface area contributed by atoms with Gasteiger partial charge in [0.2, 0.25) is 0 Å². The van der Waals surface area contributed by atoms with Crippen LogP contribution in [0.4, 0.5) is 9.18 Å². The summed E-state index contributed by atoms with van der Waals surface area (Å²) >= 11 is 0. The van der Waals surface area contributed by atoms with Crippen molar-refractivity contribution in [1.82, 2.24) is 5.32 Å². The Morgan fingerprint density at radius 1 is 1.57 bits per heavy atom. The van der Waals surface area contributed by atoms with Crippen LogP contribution < -0.4 is 5.32 Å². The number of cyclic esters (lactones) is 1. The predicted molar refractivity (Wildman–Crippen MR) is 45.3 cm³/mol. The first-order valence-corrected chi connectivity index (χ1v) is 4.09. The van der Waals surface area contributed by atoms with Gasteiger partial charge in [-0.1, -0.05) is 12.1 Å². The van der Waals surface area contributed by atoms with Crippen molar-refractivity contribution >= 4 is 6.09 Å². The Bertz CT molecular complexity index is 380. The standard InChI is InChI=1S/C9H8FNO3/c10-6-3-1-2-5(8(6)12)7-4-14-9(13)11-7/h1-3,7,12H,4H2,(H,11,13)/t7-/m0/s1. The van der Waals surface area contributed by atoms with E-state index in [4.69, 9.17) is 0 Å². The number of alkyl carbamates (subject to hydrolysis) is 1. The van der Waals surface area contributed by atoms with E-state index >= 15 is 0 Å². The van der Waals surface area contributed by atoms with E-state index in [1.165, 1.54) is 12.1 Å². The Morgan fingerprint density at radius 3 is 3.00 bits per heavy atom. The van der Waals surface area contributed by atoms with Crippen molar-refractivity contribution in [2.75, 3.05) is 6.61 Å². The minimum atomic E-state index is -0.705. The number of carbonyl (C=O) groups excluding carboxylic acids is 1. The largest absolute Gasteiger partial charge is 0.505 e. The van der Waals surface area contributed by atoms with Crippen LogP contribution in [0.25, 0.3) is 0 Å². The van der Waals surface area contributed by atoms with Crippen LogP contribution in [0.5, 0.6) is 5.75 Å². The van der Waals surface area contributed by atoms with Gasteiger partial charge in [0.1, 0.15) is 6.61 Å². The van der Waals surface area contributed by atoms with E-state index in [0.717, 1.165) is 6.07 Å². The lowest BCUT2D eigenvalue weighted by molar-refractivity contribution is 0.176. The Hall–Kier alpha value is -1.78. The fourth-order valence-corrected chi connectivity index (χ4v) is 1.37. The first kappa shape index (κ1) is 8.80. The van der Waals surface area contributed by atoms with Gasteiger partial charge in [-0.25, -0.2) is 9.18 Å². The number of ether oxygens (including phenoxy) is 1. The summed E-state index contributed by atoms with van der Waals surface area (Å²) < 4.78 is 17.6. The summed E-state index contributed by atoms with van der Waals surface area (Å²) in [5, 5.41) is 11.8. The first-order chi connectivity index (χ1) is 6.68. The molecule has 1 aromatic rings. The Balaban J connectivity index is 2.32. The van der Waals surface area contributed by atoms with Crippen molar-refractivity contribution in [3.05, 3.63) is 29.6 Å². The van der Waals surface area contributed by atoms with Gasteiger partial charge in [0, 0.05) is 5.56 Å². The molecular formula is C9H8FNO3. The van der Waals surface area contributed by atoms with Gasteiger partial charge in [0.15, 0.2) is 11.6 Å². The molecule has 1 aliphatic rings. The van der Waals surface area contributed by atoms with Crippen LogP contribution in [0.2, 0.25) is 0 Å². The second-order valence-corrected chi connectivity index (χ2v) is 2.97. The zero-order valence-corrected chi connectivity index (χ0v) is 7.16. The molecular weight excluding hydrogens is 189 g/mol. The molecule has 1 aromatic carbocycles. The van der Waals surface area contributed by atoms with Crippen LogP contribution >= 0.6 is 0 Å². The number of carbonyl (C=O) groups is 1. The summed E-state index contributed by atoms with van der Waals surface area (Å²) in [5.41, 5.74) is 0.329. The number of nitrogens with one attached hydrogen (secondary N) is 1. The van der Waals surface area contributed by atoms with Crippen molar-refractivity contribution in [1.29, 1.82) is 0 Å². The zero-order chi connectivity index (χ0) is 10.1. The summed E-state index contributed by atoms with van der Waals surface area (Å²) in [7, 11) is 0. The highest BCUT2D eigenvalue weighted by molar-refractivity contribution is 5.70. The molecule has 2 rings (SSSR count). The third-order valence-corrected chi connectivity index (χ3v) is 2.07. The molecule has 4 nitrogen and oxygen atoms in total. The number of phenolic OH excluding ortho intramolecular Hbond substituents is 1. The fourth-order valence-electron chi connectivity index (χ4n) is 1.37. The van der Waals surface area contributed by atoms with Crippen LogP contribution in [0, 0.1) is 5.82 Å². The van der Waals surface area contributed by atoms with Crippen LogP contribution in [-0.2, 0) is 4.74 Å². The number of hydrogen-bond donors (Lipinski definition) is 2. The smallest absolute Gasteiger partial charge is 0.407 e. The molecule has 1 aliphatic heterocycles. The Kier molecular flexibility index (Phi) is 1.99. The Labute approximate surface area is 79.3 Å². The summed E-state index contributed by atoms with van der Waals surface area (Å²) in [6.07, 6.45) is -0.557. The van der Waals surface area contributed by atoms with Crippen molar-refractivity contribution in [2.45, 2.75) is 6.04 Å². The lowest BCUT2D eigenvalue weighted by Crippen LogP contribution is -2.18. The summed E-state index contributed by atoms with van der Waals surface area (Å²) in [6, 6.07) is 3.68. The SMILES string of the molecule is O=C1N[C@H](c2cccc(F)c2O)CO1. The van der Waals surface area contributed by atoms with E-state index in [9.17, 15) is 14.3 Å². The van der Waals surface area contributed by atoms with E-state index in [-0.39, 0.29) is 6.61 Å². The average molecular weight is 197 g/mol. The van der Waals surface area contributed by atoms with Gasteiger partial charge in [-0.2, -0.15) is 0 Å². The number of para-hydroxylation sites is 1. The van der Waals surface area contributed by atoms with Crippen LogP contribution in [-0.4, -0.2) is 17.8 Å². The van der Waals surface area contributed by atoms with Crippen LogP contribution in [0.1, 0.15) is 11.6 Å². The number of hydrogen-bond acceptors (Lipinski definition) is 3. The maximum Gasteiger partial charge on any atom is 0.407 e. The highest BCUT2D eigenvalue weighted by Crippen LogP contribution is 2.28. The topological polar surface area (TPSA) is 58.6 Å². The van der Waals surface area contributed by atoms with Crippen molar-refractivity contribution in [3.63, 3.8) is 0 Å². The van der Waals surface area contributed by atoms with Crippen molar-refractivity contribution in [3.8, 4) is 5.75 Å². The number of benzene rings is 1. The minimum Gasteiger partial charge on any atom is -0.505 e. The van der Waals surface area contributed by atoms with E-state index in [1.807, 2.05) is 0 Å². The zero-order valence-electron chi connectivity index (χ0n) is 7.16. The highest BCUT2D eigenvalue weighted by Gasteiger charge is 2.26. The number of aromatic hydroxyl groups is 1. The van der Waals surface area contributed by atoms with Crippen LogP contribution in [0.3, 0.4) is 0 Å². The van der Waals surface area contributed by atoms with Crippen molar-refractivity contribution < 1.29 is 19.0 Å². The maximum atomic E-state index is 12.9. The molecule has 14 heavy (non-hydrogen) atoms. The molecule has 0 saturated carbocycles. The van der Waals surface area contributed by atoms with E-state index < -0.39 is 23.7 Å². The molecule has 1 atom stereocenters. The van der Waals surface area contributed by atoms with Gasteiger partial charge in [-0.05, 0) is 6.07 Å². The lowest BCUT2D eigenvalue weighted by atomic mass is 10.1. The maximum absolute atomic E-state index is 12.9. The second-order valence-electron chi connectivity index (χ2n) is 2.97. The quantitative estimate of drug-likeness (QED) is 0.713. The number of halogens is 1. The van der Waals surface area contributed by atoms with Gasteiger partial charge in [-0.3, -0.25) is 0 Å². The molecule has 0 aliphatic carbocycles. The molecule has 0 spiro atoms. The predicted octanol–water partition coefficient (Wildman–Crippen LogP) is 1.31. The van der Waals surface area contributed by atoms with Gasteiger partial charge in [0.05, 0.1) is 6.04 Å². The van der Waals surface area contributed by atoms with Gasteiger partial charge < -0.3 is 15.2 Å². The molecule has 1 heterocycles. The summed E-state index contributed by atoms with van der Waals surface area (Å²) in [5.74, 6) is -1.15. The monoisotopic (exact) mass is 197 g/mol. The van der Waals surface area contributed by atoms with E-state index in [1.54, 1.807) is 0 Å². The molecule has 1 fully saturated rings. The third kappa shape index (κ3) is 1.37. The average Bonchev–Trinajstić information content (AvgIpc) is 2.57. The molecule has 0 unspecified atom stereocenters. The molecule has 0 bridgehead atoms. The molecule has 1 amide bonds. The summed E-state index contributed by atoms with van der Waals surface area (Å²) in [4.78, 5) is 10.7. The lowest BCUT2D eigenvalue weighted by Gasteiger charge is -2.09. The first-order valence-electron chi connectivity index (χ1n) is 4.09. The van der Waals surface area contributed by atoms with Gasteiger partial charge in [-0.15, -0.1) is 0 Å². The van der Waals surface area contributed by atoms with Crippen molar-refractivity contribution in [2.24, 2.45) is 0 Å². The fraction of sp³-hybridized carbons (Fsp3) is 0.222. The summed E-state index contributed by atoms with van der Waals surface area (Å²) in [6.45, 7) is 0.107. The van der Waals surface area contributed by atoms with Gasteiger partial charge in [0.25, 0.3) is 0 Å². The molecule has 0 radical (unpaired) electrons. The number of phenols is 1. The van der Waals surface area contributed by atoms with E-state index in [0.29, 0.717) is 5.56 Å². The minimum absolute atomic E-state index is 0.107. The number of rotatable bonds is 1. The molecule has 5 heteroatoms. The van der Waals surface area contributed by atoms with Gasteiger partial charge >= 0.3 is 6.09 Å². The van der Waals surface area contributed by atoms with Crippen LogP contribution in [0.15, 0.2) is 18.2 Å².